The molecule has 4 N–H and O–H groups in total. The summed E-state index contributed by atoms with van der Waals surface area (Å²) in [6.45, 7) is 0.766. The minimum Gasteiger partial charge on any atom is -0.271 e. The van der Waals surface area contributed by atoms with Gasteiger partial charge in [0.1, 0.15) is 0 Å². The smallest absolute Gasteiger partial charge is 0.208 e. The Bertz CT molecular complexity index is 152. The summed E-state index contributed by atoms with van der Waals surface area (Å²) in [4.78, 5) is 0. The molecule has 6 heteroatoms. The zero-order chi connectivity index (χ0) is 7.33. The number of hydrogen-bond acceptors (Lipinski definition) is 4. The van der Waals surface area contributed by atoms with Crippen molar-refractivity contribution in [3.63, 3.8) is 0 Å². The molecule has 9 heavy (non-hydrogen) atoms. The first-order valence-electron chi connectivity index (χ1n) is 2.44. The molecular formula is C3H11N3O2S. The number of hydrogen-bond donors (Lipinski definition) is 3. The Hall–Kier alpha value is -0.170. The van der Waals surface area contributed by atoms with Crippen molar-refractivity contribution >= 4 is 10.0 Å². The number of nitrogens with two attached hydrogens (primary N) is 1. The predicted molar refractivity (Wildman–Crippen MR) is 35.0 cm³/mol. The van der Waals surface area contributed by atoms with Gasteiger partial charge in [0, 0.05) is 13.1 Å². The van der Waals surface area contributed by atoms with Crippen LogP contribution >= 0.6 is 0 Å². The molecule has 0 unspecified atom stereocenters. The first-order chi connectivity index (χ1) is 4.06. The van der Waals surface area contributed by atoms with E-state index in [4.69, 9.17) is 5.84 Å². The average molecular weight is 153 g/mol. The molecule has 0 atom stereocenters. The molecule has 56 valence electrons. The summed E-state index contributed by atoms with van der Waals surface area (Å²) >= 11 is 0. The highest BCUT2D eigenvalue weighted by atomic mass is 32.2. The number of rotatable bonds is 4. The number of hydrazine groups is 1. The van der Waals surface area contributed by atoms with E-state index < -0.39 is 10.0 Å². The molecule has 0 spiro atoms. The predicted octanol–water partition coefficient (Wildman–Crippen LogP) is -2.00. The van der Waals surface area contributed by atoms with E-state index in [1.54, 1.807) is 0 Å². The summed E-state index contributed by atoms with van der Waals surface area (Å²) in [6, 6.07) is 0. The summed E-state index contributed by atoms with van der Waals surface area (Å²) < 4.78 is 22.9. The fourth-order valence-corrected chi connectivity index (χ4v) is 0.781. The molecule has 0 amide bonds. The molecule has 0 aliphatic carbocycles. The van der Waals surface area contributed by atoms with Gasteiger partial charge in [0.2, 0.25) is 10.0 Å². The fourth-order valence-electron chi connectivity index (χ4n) is 0.309. The van der Waals surface area contributed by atoms with Crippen molar-refractivity contribution in [3.05, 3.63) is 0 Å². The van der Waals surface area contributed by atoms with Gasteiger partial charge in [-0.3, -0.25) is 11.3 Å². The van der Waals surface area contributed by atoms with Gasteiger partial charge in [0.25, 0.3) is 0 Å². The Balaban J connectivity index is 3.30. The van der Waals surface area contributed by atoms with Crippen LogP contribution in [-0.2, 0) is 10.0 Å². The van der Waals surface area contributed by atoms with Crippen molar-refractivity contribution in [2.24, 2.45) is 5.84 Å². The lowest BCUT2D eigenvalue weighted by Gasteiger charge is -1.98. The zero-order valence-corrected chi connectivity index (χ0v) is 6.03. The van der Waals surface area contributed by atoms with Crippen molar-refractivity contribution in [2.75, 3.05) is 19.3 Å². The highest BCUT2D eigenvalue weighted by Crippen LogP contribution is 1.68. The minimum absolute atomic E-state index is 0.329. The van der Waals surface area contributed by atoms with E-state index in [1.165, 1.54) is 0 Å². The first-order valence-corrected chi connectivity index (χ1v) is 4.33. The molecule has 0 aliphatic rings. The summed E-state index contributed by atoms with van der Waals surface area (Å²) in [5.41, 5.74) is 2.31. The van der Waals surface area contributed by atoms with Crippen molar-refractivity contribution in [1.82, 2.24) is 10.1 Å². The van der Waals surface area contributed by atoms with Crippen molar-refractivity contribution in [2.45, 2.75) is 0 Å². The lowest BCUT2D eigenvalue weighted by molar-refractivity contribution is 0.584. The van der Waals surface area contributed by atoms with Crippen LogP contribution in [0.15, 0.2) is 0 Å². The van der Waals surface area contributed by atoms with Crippen LogP contribution in [0.25, 0.3) is 0 Å². The van der Waals surface area contributed by atoms with E-state index in [0.29, 0.717) is 13.1 Å². The van der Waals surface area contributed by atoms with Gasteiger partial charge in [-0.1, -0.05) is 0 Å². The summed E-state index contributed by atoms with van der Waals surface area (Å²) in [6.07, 6.45) is 1.10. The van der Waals surface area contributed by atoms with Crippen LogP contribution in [0.5, 0.6) is 0 Å². The summed E-state index contributed by atoms with van der Waals surface area (Å²) in [5.74, 6) is 4.87. The standard InChI is InChI=1S/C3H11N3O2S/c1-9(7,8)6-3-2-5-4/h5-6H,2-4H2,1H3. The third-order valence-corrected chi connectivity index (χ3v) is 1.36. The molecule has 5 nitrogen and oxygen atoms in total. The van der Waals surface area contributed by atoms with E-state index in [9.17, 15) is 8.42 Å². The SMILES string of the molecule is CS(=O)(=O)NCCNN. The maximum absolute atomic E-state index is 10.3. The summed E-state index contributed by atoms with van der Waals surface area (Å²) in [7, 11) is -3.04. The number of nitrogens with one attached hydrogen (secondary N) is 2. The van der Waals surface area contributed by atoms with Gasteiger partial charge in [-0.2, -0.15) is 0 Å². The molecule has 0 bridgehead atoms. The molecule has 0 aliphatic heterocycles. The third kappa shape index (κ3) is 7.83. The van der Waals surface area contributed by atoms with Crippen molar-refractivity contribution < 1.29 is 8.42 Å². The fraction of sp³-hybridized carbons (Fsp3) is 1.00. The first kappa shape index (κ1) is 8.83. The third-order valence-electron chi connectivity index (χ3n) is 0.634. The molecule has 0 saturated carbocycles. The largest absolute Gasteiger partial charge is 0.271 e. The van der Waals surface area contributed by atoms with E-state index >= 15 is 0 Å². The second-order valence-electron chi connectivity index (χ2n) is 1.62. The lowest BCUT2D eigenvalue weighted by Crippen LogP contribution is -2.34. The molecule has 0 rings (SSSR count). The lowest BCUT2D eigenvalue weighted by atomic mass is 10.7. The van der Waals surface area contributed by atoms with Crippen LogP contribution in [0.4, 0.5) is 0 Å². The van der Waals surface area contributed by atoms with E-state index in [-0.39, 0.29) is 0 Å². The van der Waals surface area contributed by atoms with Gasteiger partial charge in [-0.05, 0) is 0 Å². The maximum atomic E-state index is 10.3. The maximum Gasteiger partial charge on any atom is 0.208 e. The van der Waals surface area contributed by atoms with Crippen LogP contribution in [0.1, 0.15) is 0 Å². The average Bonchev–Trinajstić information content (AvgIpc) is 1.63. The molecular weight excluding hydrogens is 142 g/mol. The van der Waals surface area contributed by atoms with Crippen LogP contribution in [0.2, 0.25) is 0 Å². The van der Waals surface area contributed by atoms with Gasteiger partial charge >= 0.3 is 0 Å². The topological polar surface area (TPSA) is 84.2 Å². The Morgan fingerprint density at radius 2 is 2.00 bits per heavy atom. The van der Waals surface area contributed by atoms with Gasteiger partial charge in [-0.25, -0.2) is 13.1 Å². The minimum atomic E-state index is -3.04. The summed E-state index contributed by atoms with van der Waals surface area (Å²) in [5, 5.41) is 0. The molecule has 0 fully saturated rings. The van der Waals surface area contributed by atoms with Crippen LogP contribution in [0, 0.1) is 0 Å². The second kappa shape index (κ2) is 3.78. The Labute approximate surface area is 54.6 Å². The van der Waals surface area contributed by atoms with Gasteiger partial charge in [0.05, 0.1) is 6.26 Å². The van der Waals surface area contributed by atoms with Crippen molar-refractivity contribution in [1.29, 1.82) is 0 Å². The van der Waals surface area contributed by atoms with Gasteiger partial charge in [0.15, 0.2) is 0 Å². The molecule has 0 aromatic carbocycles. The Kier molecular flexibility index (Phi) is 3.71. The Morgan fingerprint density at radius 3 is 2.33 bits per heavy atom. The van der Waals surface area contributed by atoms with Crippen LogP contribution in [0.3, 0.4) is 0 Å². The van der Waals surface area contributed by atoms with E-state index in [2.05, 4.69) is 10.1 Å². The Morgan fingerprint density at radius 1 is 1.44 bits per heavy atom. The second-order valence-corrected chi connectivity index (χ2v) is 3.45. The number of sulfonamides is 1. The molecule has 0 saturated heterocycles. The highest BCUT2D eigenvalue weighted by Gasteiger charge is 1.96. The highest BCUT2D eigenvalue weighted by molar-refractivity contribution is 7.88. The van der Waals surface area contributed by atoms with Crippen LogP contribution < -0.4 is 16.0 Å². The molecule has 0 radical (unpaired) electrons. The van der Waals surface area contributed by atoms with Gasteiger partial charge in [-0.15, -0.1) is 0 Å². The normalized spacial score (nSPS) is 11.8. The van der Waals surface area contributed by atoms with Gasteiger partial charge < -0.3 is 0 Å². The molecule has 0 aromatic rings. The monoisotopic (exact) mass is 153 g/mol. The zero-order valence-electron chi connectivity index (χ0n) is 5.22. The quantitative estimate of drug-likeness (QED) is 0.248. The van der Waals surface area contributed by atoms with Crippen molar-refractivity contribution in [3.8, 4) is 0 Å². The molecule has 0 heterocycles. The van der Waals surface area contributed by atoms with E-state index in [1.807, 2.05) is 0 Å². The van der Waals surface area contributed by atoms with E-state index in [0.717, 1.165) is 6.26 Å². The van der Waals surface area contributed by atoms with Crippen LogP contribution in [-0.4, -0.2) is 27.8 Å². The molecule has 0 aromatic heterocycles.